The molecule has 1 amide bonds. The molecule has 4 aromatic rings. The summed E-state index contributed by atoms with van der Waals surface area (Å²) >= 11 is 0. The Morgan fingerprint density at radius 2 is 1.91 bits per heavy atom. The molecule has 1 aliphatic rings. The molecule has 7 heteroatoms. The smallest absolute Gasteiger partial charge is 0.225 e. The Morgan fingerprint density at radius 1 is 1.17 bits per heavy atom. The monoisotopic (exact) mass is 473 g/mol. The number of carbonyl (C=O) groups excluding carboxylic acids is 1. The number of likely N-dealkylation sites (tertiary alicyclic amines) is 1. The number of aliphatic hydroxyl groups is 1. The normalized spacial score (nSPS) is 16.0. The average molecular weight is 474 g/mol. The lowest BCUT2D eigenvalue weighted by atomic mass is 9.87. The van der Waals surface area contributed by atoms with E-state index < -0.39 is 6.10 Å². The fourth-order valence-corrected chi connectivity index (χ4v) is 5.54. The van der Waals surface area contributed by atoms with Crippen molar-refractivity contribution in [2.45, 2.75) is 71.8 Å². The van der Waals surface area contributed by atoms with Gasteiger partial charge in [0.25, 0.3) is 0 Å². The Balaban J connectivity index is 1.48. The number of nitrogens with zero attached hydrogens (tertiary/aromatic N) is 4. The maximum absolute atomic E-state index is 12.3. The first-order chi connectivity index (χ1) is 16.7. The van der Waals surface area contributed by atoms with E-state index in [9.17, 15) is 9.90 Å². The summed E-state index contributed by atoms with van der Waals surface area (Å²) in [5.41, 5.74) is 8.15. The van der Waals surface area contributed by atoms with Crippen LogP contribution in [-0.2, 0) is 4.79 Å². The summed E-state index contributed by atoms with van der Waals surface area (Å²) in [7, 11) is 0. The standard InChI is InChI=1S/C28H35N5O2/c1-16(2)27-22-14-21(20-8-10-32(11-9-20)26(35)13-18(4)34)6-7-24(22)30-28(27)23-15-33-25(12-17(23)3)29-19(5)31-33/h6-7,12,14-16,18,20,30,34H,8-11,13H2,1-5H3. The van der Waals surface area contributed by atoms with Crippen LogP contribution in [0.5, 0.6) is 0 Å². The summed E-state index contributed by atoms with van der Waals surface area (Å²) in [6.07, 6.45) is 3.61. The number of benzene rings is 1. The number of rotatable bonds is 5. The first-order valence-electron chi connectivity index (χ1n) is 12.7. The van der Waals surface area contributed by atoms with Crippen LogP contribution in [0.1, 0.15) is 74.4 Å². The van der Waals surface area contributed by atoms with Gasteiger partial charge in [-0.3, -0.25) is 4.79 Å². The van der Waals surface area contributed by atoms with Gasteiger partial charge in [-0.15, -0.1) is 0 Å². The molecule has 7 nitrogen and oxygen atoms in total. The molecule has 0 spiro atoms. The van der Waals surface area contributed by atoms with Gasteiger partial charge < -0.3 is 15.0 Å². The second-order valence-electron chi connectivity index (χ2n) is 10.4. The summed E-state index contributed by atoms with van der Waals surface area (Å²) in [5.74, 6) is 1.61. The molecule has 0 bridgehead atoms. The minimum atomic E-state index is -0.585. The molecule has 0 aliphatic carbocycles. The molecule has 2 N–H and O–H groups in total. The molecule has 4 heterocycles. The quantitative estimate of drug-likeness (QED) is 0.422. The van der Waals surface area contributed by atoms with Gasteiger partial charge in [-0.05, 0) is 80.3 Å². The third-order valence-electron chi connectivity index (χ3n) is 7.28. The Hall–Kier alpha value is -3.19. The first-order valence-corrected chi connectivity index (χ1v) is 12.7. The van der Waals surface area contributed by atoms with Gasteiger partial charge in [0.15, 0.2) is 5.65 Å². The second-order valence-corrected chi connectivity index (χ2v) is 10.4. The van der Waals surface area contributed by atoms with E-state index in [1.165, 1.54) is 22.1 Å². The summed E-state index contributed by atoms with van der Waals surface area (Å²) in [6, 6.07) is 8.90. The van der Waals surface area contributed by atoms with Crippen LogP contribution in [0.3, 0.4) is 0 Å². The van der Waals surface area contributed by atoms with E-state index in [4.69, 9.17) is 0 Å². The molecule has 1 fully saturated rings. The molecule has 1 aliphatic heterocycles. The Morgan fingerprint density at radius 3 is 2.60 bits per heavy atom. The number of hydrogen-bond acceptors (Lipinski definition) is 4. The van der Waals surface area contributed by atoms with Crippen LogP contribution in [0, 0.1) is 13.8 Å². The molecule has 5 rings (SSSR count). The number of pyridine rings is 1. The van der Waals surface area contributed by atoms with Crippen LogP contribution in [-0.4, -0.2) is 54.7 Å². The van der Waals surface area contributed by atoms with Gasteiger partial charge >= 0.3 is 0 Å². The molecule has 1 unspecified atom stereocenters. The molecule has 35 heavy (non-hydrogen) atoms. The maximum Gasteiger partial charge on any atom is 0.225 e. The number of aliphatic hydroxyl groups excluding tert-OH is 1. The number of piperidine rings is 1. The number of amides is 1. The number of aromatic amines is 1. The molecule has 3 aromatic heterocycles. The van der Waals surface area contributed by atoms with Crippen molar-refractivity contribution in [2.24, 2.45) is 0 Å². The Labute approximate surface area is 206 Å². The lowest BCUT2D eigenvalue weighted by Crippen LogP contribution is -2.39. The highest BCUT2D eigenvalue weighted by molar-refractivity contribution is 5.92. The van der Waals surface area contributed by atoms with E-state index in [1.807, 2.05) is 16.3 Å². The lowest BCUT2D eigenvalue weighted by Gasteiger charge is -2.32. The number of hydrogen-bond donors (Lipinski definition) is 2. The highest BCUT2D eigenvalue weighted by atomic mass is 16.3. The van der Waals surface area contributed by atoms with Gasteiger partial charge in [0.1, 0.15) is 5.82 Å². The zero-order chi connectivity index (χ0) is 24.9. The maximum atomic E-state index is 12.3. The number of H-pyrrole nitrogens is 1. The van der Waals surface area contributed by atoms with Gasteiger partial charge in [-0.2, -0.15) is 5.10 Å². The topological polar surface area (TPSA) is 86.5 Å². The third kappa shape index (κ3) is 4.45. The number of carbonyl (C=O) groups is 1. The zero-order valence-electron chi connectivity index (χ0n) is 21.3. The summed E-state index contributed by atoms with van der Waals surface area (Å²) < 4.78 is 1.87. The molecule has 1 saturated heterocycles. The first kappa shape index (κ1) is 23.5. The van der Waals surface area contributed by atoms with Crippen molar-refractivity contribution in [3.8, 4) is 11.3 Å². The van der Waals surface area contributed by atoms with Gasteiger partial charge in [0.05, 0.1) is 18.2 Å². The predicted molar refractivity (Wildman–Crippen MR) is 139 cm³/mol. The summed E-state index contributed by atoms with van der Waals surface area (Å²) in [4.78, 5) is 22.5. The van der Waals surface area contributed by atoms with E-state index in [0.717, 1.165) is 54.2 Å². The molecule has 0 saturated carbocycles. The highest BCUT2D eigenvalue weighted by Gasteiger charge is 2.26. The predicted octanol–water partition coefficient (Wildman–Crippen LogP) is 5.09. The second kappa shape index (κ2) is 9.11. The summed E-state index contributed by atoms with van der Waals surface area (Å²) in [6.45, 7) is 11.7. The number of aromatic nitrogens is 4. The van der Waals surface area contributed by atoms with Gasteiger partial charge in [0.2, 0.25) is 5.91 Å². The van der Waals surface area contributed by atoms with Gasteiger partial charge in [0, 0.05) is 35.8 Å². The van der Waals surface area contributed by atoms with E-state index in [1.54, 1.807) is 6.92 Å². The largest absolute Gasteiger partial charge is 0.393 e. The molecule has 0 radical (unpaired) electrons. The Bertz CT molecular complexity index is 1390. The molecule has 1 atom stereocenters. The van der Waals surface area contributed by atoms with Gasteiger partial charge in [-0.1, -0.05) is 19.9 Å². The van der Waals surface area contributed by atoms with E-state index in [2.05, 4.69) is 66.3 Å². The van der Waals surface area contributed by atoms with Crippen molar-refractivity contribution in [3.05, 3.63) is 53.0 Å². The number of nitrogens with one attached hydrogen (secondary N) is 1. The van der Waals surface area contributed by atoms with Crippen LogP contribution < -0.4 is 0 Å². The fraction of sp³-hybridized carbons (Fsp3) is 0.464. The van der Waals surface area contributed by atoms with Crippen molar-refractivity contribution in [1.82, 2.24) is 24.5 Å². The van der Waals surface area contributed by atoms with Gasteiger partial charge in [-0.25, -0.2) is 9.50 Å². The molecule has 184 valence electrons. The molecular formula is C28H35N5O2. The highest BCUT2D eigenvalue weighted by Crippen LogP contribution is 2.39. The minimum Gasteiger partial charge on any atom is -0.393 e. The minimum absolute atomic E-state index is 0.0567. The lowest BCUT2D eigenvalue weighted by molar-refractivity contribution is -0.134. The third-order valence-corrected chi connectivity index (χ3v) is 7.28. The van der Waals surface area contributed by atoms with Crippen LogP contribution in [0.15, 0.2) is 30.5 Å². The SMILES string of the molecule is Cc1nc2cc(C)c(-c3[nH]c4ccc(C5CCN(C(=O)CC(C)O)CC5)cc4c3C(C)C)cn2n1. The number of fused-ring (bicyclic) bond motifs is 2. The van der Waals surface area contributed by atoms with Crippen molar-refractivity contribution in [1.29, 1.82) is 0 Å². The molecular weight excluding hydrogens is 438 g/mol. The van der Waals surface area contributed by atoms with Crippen LogP contribution in [0.2, 0.25) is 0 Å². The van der Waals surface area contributed by atoms with Crippen molar-refractivity contribution < 1.29 is 9.90 Å². The molecule has 1 aromatic carbocycles. The van der Waals surface area contributed by atoms with Crippen molar-refractivity contribution >= 4 is 22.5 Å². The zero-order valence-corrected chi connectivity index (χ0v) is 21.3. The van der Waals surface area contributed by atoms with Crippen LogP contribution >= 0.6 is 0 Å². The number of aryl methyl sites for hydroxylation is 2. The van der Waals surface area contributed by atoms with E-state index >= 15 is 0 Å². The van der Waals surface area contributed by atoms with E-state index in [-0.39, 0.29) is 12.3 Å². The van der Waals surface area contributed by atoms with E-state index in [0.29, 0.717) is 11.8 Å². The average Bonchev–Trinajstić information content (AvgIpc) is 3.36. The van der Waals surface area contributed by atoms with Crippen LogP contribution in [0.25, 0.3) is 27.8 Å². The fourth-order valence-electron chi connectivity index (χ4n) is 5.54. The van der Waals surface area contributed by atoms with Crippen molar-refractivity contribution in [3.63, 3.8) is 0 Å². The summed E-state index contributed by atoms with van der Waals surface area (Å²) in [5, 5.41) is 15.4. The van der Waals surface area contributed by atoms with Crippen LogP contribution in [0.4, 0.5) is 0 Å². The van der Waals surface area contributed by atoms with Crippen molar-refractivity contribution in [2.75, 3.05) is 13.1 Å². The Kier molecular flexibility index (Phi) is 6.13.